The van der Waals surface area contributed by atoms with E-state index in [0.717, 1.165) is 37.5 Å². The molecule has 0 aliphatic rings. The Balaban J connectivity index is 2.20. The lowest BCUT2D eigenvalue weighted by Crippen LogP contribution is -2.11. The van der Waals surface area contributed by atoms with Crippen molar-refractivity contribution in [1.29, 1.82) is 0 Å². The molecule has 0 radical (unpaired) electrons. The van der Waals surface area contributed by atoms with Gasteiger partial charge in [-0.2, -0.15) is 0 Å². The van der Waals surface area contributed by atoms with Crippen LogP contribution in [0.1, 0.15) is 125 Å². The van der Waals surface area contributed by atoms with Gasteiger partial charge in [-0.1, -0.05) is 91.9 Å². The first-order valence-corrected chi connectivity index (χ1v) is 12.7. The average Bonchev–Trinajstić information content (AvgIpc) is 2.76. The Kier molecular flexibility index (Phi) is 15.5. The number of hydrogen-bond acceptors (Lipinski definition) is 5. The van der Waals surface area contributed by atoms with Crippen molar-refractivity contribution < 1.29 is 19.1 Å². The number of nitrogens with zero attached hydrogens (tertiary/aromatic N) is 1. The quantitative estimate of drug-likeness (QED) is 0.173. The van der Waals surface area contributed by atoms with Crippen LogP contribution in [0.15, 0.2) is 18.5 Å². The van der Waals surface area contributed by atoms with Crippen molar-refractivity contribution in [3.8, 4) is 0 Å². The number of pyridine rings is 1. The molecule has 0 aromatic carbocycles. The summed E-state index contributed by atoms with van der Waals surface area (Å²) in [7, 11) is 0. The predicted molar refractivity (Wildman–Crippen MR) is 130 cm³/mol. The van der Waals surface area contributed by atoms with E-state index in [-0.39, 0.29) is 0 Å². The average molecular weight is 448 g/mol. The van der Waals surface area contributed by atoms with Crippen molar-refractivity contribution in [1.82, 2.24) is 4.98 Å². The molecule has 1 rings (SSSR count). The Morgan fingerprint density at radius 3 is 1.44 bits per heavy atom. The van der Waals surface area contributed by atoms with Gasteiger partial charge in [0.2, 0.25) is 0 Å². The largest absolute Gasteiger partial charge is 0.462 e. The van der Waals surface area contributed by atoms with Crippen LogP contribution >= 0.6 is 0 Å². The number of carbonyl (C=O) groups is 2. The number of unbranched alkanes of at least 4 members (excludes halogenated alkanes) is 8. The molecular formula is C27H45NO4. The minimum absolute atomic E-state index is 0.293. The number of esters is 2. The zero-order valence-corrected chi connectivity index (χ0v) is 20.9. The fraction of sp³-hybridized carbons (Fsp3) is 0.741. The third kappa shape index (κ3) is 14.2. The van der Waals surface area contributed by atoms with Gasteiger partial charge < -0.3 is 9.47 Å². The Morgan fingerprint density at radius 2 is 1.03 bits per heavy atom. The maximum absolute atomic E-state index is 12.2. The lowest BCUT2D eigenvalue weighted by Gasteiger charge is -2.08. The van der Waals surface area contributed by atoms with Crippen LogP contribution in [0.25, 0.3) is 0 Å². The fourth-order valence-corrected chi connectivity index (χ4v) is 3.53. The summed E-state index contributed by atoms with van der Waals surface area (Å²) in [6.45, 7) is 9.79. The molecule has 0 amide bonds. The van der Waals surface area contributed by atoms with Crippen LogP contribution in [-0.2, 0) is 9.47 Å². The van der Waals surface area contributed by atoms with Crippen molar-refractivity contribution in [3.05, 3.63) is 29.6 Å². The van der Waals surface area contributed by atoms with Gasteiger partial charge in [0.05, 0.1) is 24.3 Å². The smallest absolute Gasteiger partial charge is 0.339 e. The van der Waals surface area contributed by atoms with Gasteiger partial charge in [0, 0.05) is 12.4 Å². The van der Waals surface area contributed by atoms with Gasteiger partial charge in [-0.15, -0.1) is 0 Å². The Morgan fingerprint density at radius 1 is 0.656 bits per heavy atom. The van der Waals surface area contributed by atoms with E-state index in [2.05, 4.69) is 32.7 Å². The highest BCUT2D eigenvalue weighted by Gasteiger charge is 2.13. The molecule has 1 aromatic rings. The minimum Gasteiger partial charge on any atom is -0.462 e. The summed E-state index contributed by atoms with van der Waals surface area (Å²) in [5, 5.41) is 0. The second-order valence-corrected chi connectivity index (χ2v) is 9.63. The van der Waals surface area contributed by atoms with Gasteiger partial charge in [0.1, 0.15) is 0 Å². The molecule has 1 heterocycles. The van der Waals surface area contributed by atoms with Crippen LogP contribution in [0.4, 0.5) is 0 Å². The van der Waals surface area contributed by atoms with E-state index in [0.29, 0.717) is 24.3 Å². The zero-order chi connectivity index (χ0) is 23.6. The number of ether oxygens (including phenoxy) is 2. The predicted octanol–water partition coefficient (Wildman–Crippen LogP) is 7.39. The van der Waals surface area contributed by atoms with E-state index in [9.17, 15) is 9.59 Å². The molecule has 0 bridgehead atoms. The van der Waals surface area contributed by atoms with Crippen molar-refractivity contribution in [2.24, 2.45) is 11.8 Å². The van der Waals surface area contributed by atoms with E-state index in [1.807, 2.05) is 0 Å². The molecule has 0 aliphatic carbocycles. The standard InChI is InChI=1S/C27H45NO4/c1-22(2)15-11-7-5-9-13-17-31-26(29)24-19-25(21-28-20-24)27(30)32-18-14-10-6-8-12-16-23(3)4/h19-23H,5-18H2,1-4H3. The third-order valence-corrected chi connectivity index (χ3v) is 5.53. The van der Waals surface area contributed by atoms with Gasteiger partial charge in [-0.25, -0.2) is 9.59 Å². The van der Waals surface area contributed by atoms with Gasteiger partial charge in [0.15, 0.2) is 0 Å². The molecule has 1 aromatic heterocycles. The monoisotopic (exact) mass is 447 g/mol. The van der Waals surface area contributed by atoms with Crippen molar-refractivity contribution in [2.75, 3.05) is 13.2 Å². The van der Waals surface area contributed by atoms with E-state index < -0.39 is 11.9 Å². The molecule has 0 spiro atoms. The molecule has 5 heteroatoms. The third-order valence-electron chi connectivity index (χ3n) is 5.53. The first-order valence-electron chi connectivity index (χ1n) is 12.7. The van der Waals surface area contributed by atoms with E-state index in [1.54, 1.807) is 0 Å². The number of rotatable bonds is 18. The normalized spacial score (nSPS) is 11.2. The van der Waals surface area contributed by atoms with Crippen LogP contribution in [-0.4, -0.2) is 30.1 Å². The molecule has 0 unspecified atom stereocenters. The van der Waals surface area contributed by atoms with Gasteiger partial charge >= 0.3 is 11.9 Å². The molecule has 0 fully saturated rings. The second kappa shape index (κ2) is 17.6. The number of aromatic nitrogens is 1. The minimum atomic E-state index is -0.437. The molecule has 32 heavy (non-hydrogen) atoms. The van der Waals surface area contributed by atoms with Crippen molar-refractivity contribution in [2.45, 2.75) is 105 Å². The van der Waals surface area contributed by atoms with Crippen LogP contribution in [0.3, 0.4) is 0 Å². The van der Waals surface area contributed by atoms with Crippen LogP contribution in [0.5, 0.6) is 0 Å². The maximum atomic E-state index is 12.2. The molecule has 0 N–H and O–H groups in total. The summed E-state index contributed by atoms with van der Waals surface area (Å²) in [6, 6.07) is 1.51. The Bertz CT molecular complexity index is 591. The van der Waals surface area contributed by atoms with Gasteiger partial charge in [-0.3, -0.25) is 4.98 Å². The summed E-state index contributed by atoms with van der Waals surface area (Å²) in [6.07, 6.45) is 16.6. The van der Waals surface area contributed by atoms with Crippen molar-refractivity contribution in [3.63, 3.8) is 0 Å². The van der Waals surface area contributed by atoms with Crippen LogP contribution in [0, 0.1) is 11.8 Å². The number of hydrogen-bond donors (Lipinski definition) is 0. The highest BCUT2D eigenvalue weighted by atomic mass is 16.5. The molecule has 0 aliphatic heterocycles. The van der Waals surface area contributed by atoms with E-state index in [4.69, 9.17) is 9.47 Å². The van der Waals surface area contributed by atoms with Crippen molar-refractivity contribution >= 4 is 11.9 Å². The maximum Gasteiger partial charge on any atom is 0.339 e. The lowest BCUT2D eigenvalue weighted by molar-refractivity contribution is 0.0495. The first-order chi connectivity index (χ1) is 15.4. The summed E-state index contributed by atoms with van der Waals surface area (Å²) in [5.41, 5.74) is 0.586. The molecular weight excluding hydrogens is 402 g/mol. The molecule has 5 nitrogen and oxygen atoms in total. The summed E-state index contributed by atoms with van der Waals surface area (Å²) in [5.74, 6) is 0.658. The highest BCUT2D eigenvalue weighted by molar-refractivity contribution is 5.94. The summed E-state index contributed by atoms with van der Waals surface area (Å²) in [4.78, 5) is 28.5. The summed E-state index contributed by atoms with van der Waals surface area (Å²) >= 11 is 0. The van der Waals surface area contributed by atoms with E-state index in [1.165, 1.54) is 69.8 Å². The molecule has 0 atom stereocenters. The topological polar surface area (TPSA) is 65.5 Å². The molecule has 0 saturated carbocycles. The van der Waals surface area contributed by atoms with E-state index >= 15 is 0 Å². The number of carbonyl (C=O) groups excluding carboxylic acids is 2. The highest BCUT2D eigenvalue weighted by Crippen LogP contribution is 2.13. The fourth-order valence-electron chi connectivity index (χ4n) is 3.53. The summed E-state index contributed by atoms with van der Waals surface area (Å²) < 4.78 is 10.7. The Hall–Kier alpha value is -1.91. The second-order valence-electron chi connectivity index (χ2n) is 9.63. The first kappa shape index (κ1) is 28.1. The molecule has 0 saturated heterocycles. The van der Waals surface area contributed by atoms with Crippen LogP contribution in [0.2, 0.25) is 0 Å². The SMILES string of the molecule is CC(C)CCCCCCCOC(=O)c1cncc(C(=O)OCCCCCCCC(C)C)c1. The zero-order valence-electron chi connectivity index (χ0n) is 20.9. The van der Waals surface area contributed by atoms with Gasteiger partial charge in [-0.05, 0) is 30.7 Å². The Labute approximate surface area is 195 Å². The van der Waals surface area contributed by atoms with Gasteiger partial charge in [0.25, 0.3) is 0 Å². The lowest BCUT2D eigenvalue weighted by atomic mass is 10.0. The van der Waals surface area contributed by atoms with Crippen LogP contribution < -0.4 is 0 Å². The molecule has 182 valence electrons.